The lowest BCUT2D eigenvalue weighted by molar-refractivity contribution is 1.02. The molecule has 16 heavy (non-hydrogen) atoms. The second-order valence-electron chi connectivity index (χ2n) is 3.69. The highest BCUT2D eigenvalue weighted by Crippen LogP contribution is 2.26. The summed E-state index contributed by atoms with van der Waals surface area (Å²) in [6.45, 7) is 0.725. The van der Waals surface area contributed by atoms with E-state index in [2.05, 4.69) is 9.97 Å². The van der Waals surface area contributed by atoms with Crippen LogP contribution in [0.1, 0.15) is 11.1 Å². The second-order valence-corrected chi connectivity index (χ2v) is 3.69. The van der Waals surface area contributed by atoms with Crippen molar-refractivity contribution in [2.45, 2.75) is 6.54 Å². The third kappa shape index (κ3) is 1.27. The van der Waals surface area contributed by atoms with Crippen LogP contribution < -0.4 is 4.90 Å². The number of hydrogen-bond acceptors (Lipinski definition) is 3. The van der Waals surface area contributed by atoms with E-state index in [-0.39, 0.29) is 0 Å². The largest absolute Gasteiger partial charge is 0.319 e. The number of nitrogens with one attached hydrogen (secondary N) is 1. The average molecular weight is 210 g/mol. The molecule has 0 saturated carbocycles. The highest BCUT2D eigenvalue weighted by atomic mass is 15.2. The van der Waals surface area contributed by atoms with E-state index in [4.69, 9.17) is 5.41 Å². The predicted octanol–water partition coefficient (Wildman–Crippen LogP) is 1.82. The van der Waals surface area contributed by atoms with E-state index < -0.39 is 0 Å². The van der Waals surface area contributed by atoms with E-state index >= 15 is 0 Å². The van der Waals surface area contributed by atoms with Crippen molar-refractivity contribution in [3.05, 3.63) is 54.1 Å². The fourth-order valence-electron chi connectivity index (χ4n) is 1.93. The lowest BCUT2D eigenvalue weighted by Gasteiger charge is -2.16. The molecule has 1 N–H and O–H groups in total. The van der Waals surface area contributed by atoms with E-state index in [1.165, 1.54) is 11.9 Å². The van der Waals surface area contributed by atoms with Crippen LogP contribution in [0.15, 0.2) is 43.0 Å². The summed E-state index contributed by atoms with van der Waals surface area (Å²) >= 11 is 0. The highest BCUT2D eigenvalue weighted by molar-refractivity contribution is 6.11. The Bertz CT molecular complexity index is 536. The Morgan fingerprint density at radius 1 is 1.12 bits per heavy atom. The number of anilines is 1. The Labute approximate surface area is 93.1 Å². The summed E-state index contributed by atoms with van der Waals surface area (Å²) in [6, 6.07) is 7.98. The van der Waals surface area contributed by atoms with Crippen molar-refractivity contribution in [1.82, 2.24) is 9.97 Å². The molecule has 0 spiro atoms. The summed E-state index contributed by atoms with van der Waals surface area (Å²) in [5.74, 6) is 0.519. The number of nitrogens with zero attached hydrogens (tertiary/aromatic N) is 3. The minimum Gasteiger partial charge on any atom is -0.319 e. The zero-order valence-corrected chi connectivity index (χ0v) is 8.59. The molecule has 0 saturated heterocycles. The Kier molecular flexibility index (Phi) is 1.93. The molecule has 3 rings (SSSR count). The first kappa shape index (κ1) is 9.03. The molecule has 0 unspecified atom stereocenters. The maximum absolute atomic E-state index is 8.10. The Balaban J connectivity index is 2.02. The van der Waals surface area contributed by atoms with Crippen LogP contribution in [0.5, 0.6) is 0 Å². The van der Waals surface area contributed by atoms with Crippen LogP contribution in [0.25, 0.3) is 0 Å². The molecule has 2 heterocycles. The van der Waals surface area contributed by atoms with Gasteiger partial charge in [0, 0.05) is 5.56 Å². The van der Waals surface area contributed by atoms with Crippen LogP contribution in [0.4, 0.5) is 5.69 Å². The molecule has 0 fully saturated rings. The van der Waals surface area contributed by atoms with Gasteiger partial charge in [-0.3, -0.25) is 5.41 Å². The summed E-state index contributed by atoms with van der Waals surface area (Å²) < 4.78 is 0. The number of amidine groups is 1. The van der Waals surface area contributed by atoms with Gasteiger partial charge < -0.3 is 4.90 Å². The van der Waals surface area contributed by atoms with Crippen LogP contribution in [-0.4, -0.2) is 15.8 Å². The Morgan fingerprint density at radius 3 is 2.62 bits per heavy atom. The van der Waals surface area contributed by atoms with Crippen molar-refractivity contribution in [3.63, 3.8) is 0 Å². The monoisotopic (exact) mass is 210 g/mol. The minimum absolute atomic E-state index is 0.519. The fraction of sp³-hybridized carbons (Fsp3) is 0.0833. The van der Waals surface area contributed by atoms with E-state index in [9.17, 15) is 0 Å². The van der Waals surface area contributed by atoms with Crippen LogP contribution in [0.2, 0.25) is 0 Å². The fourth-order valence-corrected chi connectivity index (χ4v) is 1.93. The quantitative estimate of drug-likeness (QED) is 0.781. The molecule has 1 aliphatic heterocycles. The molecule has 0 radical (unpaired) electrons. The van der Waals surface area contributed by atoms with Crippen molar-refractivity contribution in [2.24, 2.45) is 0 Å². The van der Waals surface area contributed by atoms with Crippen LogP contribution in [0.3, 0.4) is 0 Å². The van der Waals surface area contributed by atoms with Gasteiger partial charge in [-0.05, 0) is 5.56 Å². The van der Waals surface area contributed by atoms with Crippen LogP contribution >= 0.6 is 0 Å². The van der Waals surface area contributed by atoms with Gasteiger partial charge in [-0.1, -0.05) is 24.3 Å². The first-order valence-corrected chi connectivity index (χ1v) is 5.05. The molecule has 0 atom stereocenters. The smallest absolute Gasteiger partial charge is 0.133 e. The maximum Gasteiger partial charge on any atom is 0.133 e. The van der Waals surface area contributed by atoms with Gasteiger partial charge in [0.15, 0.2) is 0 Å². The molecule has 1 aromatic heterocycles. The second kappa shape index (κ2) is 3.41. The minimum atomic E-state index is 0.519. The summed E-state index contributed by atoms with van der Waals surface area (Å²) in [5, 5.41) is 8.10. The van der Waals surface area contributed by atoms with Gasteiger partial charge in [-0.25, -0.2) is 9.97 Å². The lowest BCUT2D eigenvalue weighted by Crippen LogP contribution is -2.23. The molecule has 4 nitrogen and oxygen atoms in total. The van der Waals surface area contributed by atoms with Gasteiger partial charge >= 0.3 is 0 Å². The van der Waals surface area contributed by atoms with Gasteiger partial charge in [0.25, 0.3) is 0 Å². The number of rotatable bonds is 1. The number of hydrogen-bond donors (Lipinski definition) is 1. The van der Waals surface area contributed by atoms with Crippen molar-refractivity contribution >= 4 is 11.5 Å². The molecule has 4 heteroatoms. The topological polar surface area (TPSA) is 52.9 Å². The lowest BCUT2D eigenvalue weighted by atomic mass is 10.1. The van der Waals surface area contributed by atoms with Crippen molar-refractivity contribution < 1.29 is 0 Å². The summed E-state index contributed by atoms with van der Waals surface area (Å²) in [6.07, 6.45) is 4.96. The first-order valence-electron chi connectivity index (χ1n) is 5.05. The van der Waals surface area contributed by atoms with E-state index in [0.29, 0.717) is 5.84 Å². The number of fused-ring (bicyclic) bond motifs is 1. The Morgan fingerprint density at radius 2 is 1.88 bits per heavy atom. The third-order valence-electron chi connectivity index (χ3n) is 2.73. The average Bonchev–Trinajstić information content (AvgIpc) is 2.69. The summed E-state index contributed by atoms with van der Waals surface area (Å²) in [7, 11) is 0. The highest BCUT2D eigenvalue weighted by Gasteiger charge is 2.24. The van der Waals surface area contributed by atoms with Crippen LogP contribution in [0, 0.1) is 5.41 Å². The molecule has 0 bridgehead atoms. The number of benzene rings is 1. The van der Waals surface area contributed by atoms with Gasteiger partial charge in [-0.15, -0.1) is 0 Å². The maximum atomic E-state index is 8.10. The van der Waals surface area contributed by atoms with Gasteiger partial charge in [0.05, 0.1) is 24.6 Å². The third-order valence-corrected chi connectivity index (χ3v) is 2.73. The van der Waals surface area contributed by atoms with Gasteiger partial charge in [0.2, 0.25) is 0 Å². The van der Waals surface area contributed by atoms with Crippen molar-refractivity contribution in [1.29, 1.82) is 5.41 Å². The van der Waals surface area contributed by atoms with E-state index in [1.807, 2.05) is 29.2 Å². The molecule has 1 aromatic carbocycles. The van der Waals surface area contributed by atoms with Crippen LogP contribution in [-0.2, 0) is 6.54 Å². The molecular weight excluding hydrogens is 200 g/mol. The van der Waals surface area contributed by atoms with E-state index in [0.717, 1.165) is 17.8 Å². The van der Waals surface area contributed by atoms with Gasteiger partial charge in [0.1, 0.15) is 12.2 Å². The normalized spacial score (nSPS) is 14.0. The Hall–Kier alpha value is -2.23. The molecule has 0 aliphatic carbocycles. The summed E-state index contributed by atoms with van der Waals surface area (Å²) in [4.78, 5) is 9.86. The van der Waals surface area contributed by atoms with Gasteiger partial charge in [-0.2, -0.15) is 0 Å². The first-order chi connectivity index (χ1) is 7.86. The summed E-state index contributed by atoms with van der Waals surface area (Å²) in [5.41, 5.74) is 3.03. The molecule has 0 amide bonds. The van der Waals surface area contributed by atoms with E-state index in [1.54, 1.807) is 12.4 Å². The van der Waals surface area contributed by atoms with Crippen molar-refractivity contribution in [2.75, 3.05) is 4.90 Å². The zero-order valence-electron chi connectivity index (χ0n) is 8.59. The predicted molar refractivity (Wildman–Crippen MR) is 61.5 cm³/mol. The molecule has 78 valence electrons. The van der Waals surface area contributed by atoms with Crippen molar-refractivity contribution in [3.8, 4) is 0 Å². The molecule has 2 aromatic rings. The standard InChI is InChI=1S/C12H10N4/c13-12-11-4-2-1-3-9(11)7-16(12)10-5-14-8-15-6-10/h1-6,8,13H,7H2. The zero-order chi connectivity index (χ0) is 11.0. The molecular formula is C12H10N4. The number of aromatic nitrogens is 2. The molecule has 1 aliphatic rings. The SMILES string of the molecule is N=C1c2ccccc2CN1c1cncnc1.